The van der Waals surface area contributed by atoms with Gasteiger partial charge in [-0.2, -0.15) is 0 Å². The highest BCUT2D eigenvalue weighted by molar-refractivity contribution is 7.92. The highest BCUT2D eigenvalue weighted by Gasteiger charge is 2.31. The molecule has 9 nitrogen and oxygen atoms in total. The van der Waals surface area contributed by atoms with Gasteiger partial charge in [0.15, 0.2) is 0 Å². The molecule has 0 saturated carbocycles. The Labute approximate surface area is 208 Å². The average molecular weight is 506 g/mol. The average Bonchev–Trinajstić information content (AvgIpc) is 2.84. The molecule has 35 heavy (non-hydrogen) atoms. The number of nitrogens with zero attached hydrogens (tertiary/aromatic N) is 2. The predicted octanol–water partition coefficient (Wildman–Crippen LogP) is 2.80. The fraction of sp³-hybridized carbons (Fsp3) is 0.440. The number of carbonyl (C=O) groups is 2. The third kappa shape index (κ3) is 7.88. The van der Waals surface area contributed by atoms with E-state index in [2.05, 4.69) is 5.32 Å². The largest absolute Gasteiger partial charge is 0.497 e. The number of benzene rings is 2. The number of para-hydroxylation sites is 2. The van der Waals surface area contributed by atoms with Crippen LogP contribution in [0.25, 0.3) is 0 Å². The molecule has 0 spiro atoms. The first-order valence-electron chi connectivity index (χ1n) is 11.5. The molecule has 0 radical (unpaired) electrons. The SMILES string of the molecule is CCCNC(=O)[C@@H](C)N(Cc1ccc(OC)cc1)C(=O)CN(c1ccccc1OCC)S(C)(=O)=O. The Morgan fingerprint density at radius 2 is 1.71 bits per heavy atom. The lowest BCUT2D eigenvalue weighted by Crippen LogP contribution is -2.51. The fourth-order valence-electron chi connectivity index (χ4n) is 3.44. The number of hydrogen-bond donors (Lipinski definition) is 1. The number of methoxy groups -OCH3 is 1. The van der Waals surface area contributed by atoms with E-state index in [4.69, 9.17) is 9.47 Å². The van der Waals surface area contributed by atoms with E-state index >= 15 is 0 Å². The summed E-state index contributed by atoms with van der Waals surface area (Å²) in [6.45, 7) is 5.81. The van der Waals surface area contributed by atoms with Crippen LogP contribution in [-0.4, -0.2) is 64.2 Å². The molecule has 0 aliphatic heterocycles. The molecule has 10 heteroatoms. The van der Waals surface area contributed by atoms with Crippen LogP contribution in [0.4, 0.5) is 5.69 Å². The molecule has 0 bridgehead atoms. The molecule has 2 amide bonds. The molecular formula is C25H35N3O6S. The number of ether oxygens (including phenoxy) is 2. The number of hydrogen-bond acceptors (Lipinski definition) is 6. The maximum atomic E-state index is 13.6. The van der Waals surface area contributed by atoms with E-state index in [1.165, 1.54) is 4.90 Å². The van der Waals surface area contributed by atoms with Crippen molar-refractivity contribution in [1.29, 1.82) is 0 Å². The van der Waals surface area contributed by atoms with Gasteiger partial charge in [0, 0.05) is 13.1 Å². The summed E-state index contributed by atoms with van der Waals surface area (Å²) in [4.78, 5) is 27.7. The molecule has 0 saturated heterocycles. The van der Waals surface area contributed by atoms with Gasteiger partial charge in [0.05, 0.1) is 25.7 Å². The molecule has 0 aromatic heterocycles. The first-order chi connectivity index (χ1) is 16.6. The number of amides is 2. The smallest absolute Gasteiger partial charge is 0.244 e. The van der Waals surface area contributed by atoms with Crippen LogP contribution in [0, 0.1) is 0 Å². The van der Waals surface area contributed by atoms with Crippen LogP contribution in [0.3, 0.4) is 0 Å². The van der Waals surface area contributed by atoms with Gasteiger partial charge in [-0.3, -0.25) is 13.9 Å². The van der Waals surface area contributed by atoms with E-state index < -0.39 is 28.5 Å². The predicted molar refractivity (Wildman–Crippen MR) is 136 cm³/mol. The quantitative estimate of drug-likeness (QED) is 0.449. The molecule has 2 aromatic rings. The highest BCUT2D eigenvalue weighted by atomic mass is 32.2. The van der Waals surface area contributed by atoms with Crippen molar-refractivity contribution in [3.05, 3.63) is 54.1 Å². The number of sulfonamides is 1. The lowest BCUT2D eigenvalue weighted by Gasteiger charge is -2.32. The summed E-state index contributed by atoms with van der Waals surface area (Å²) in [5, 5.41) is 2.81. The topological polar surface area (TPSA) is 105 Å². The van der Waals surface area contributed by atoms with Gasteiger partial charge in [0.2, 0.25) is 21.8 Å². The molecule has 0 aliphatic rings. The minimum Gasteiger partial charge on any atom is -0.497 e. The Bertz CT molecular complexity index is 1090. The van der Waals surface area contributed by atoms with Gasteiger partial charge in [-0.1, -0.05) is 31.2 Å². The molecule has 0 aliphatic carbocycles. The van der Waals surface area contributed by atoms with Crippen molar-refractivity contribution in [2.75, 3.05) is 37.4 Å². The van der Waals surface area contributed by atoms with Crippen LogP contribution in [0.15, 0.2) is 48.5 Å². The Kier molecular flexibility index (Phi) is 10.4. The molecule has 1 atom stereocenters. The molecule has 192 valence electrons. The van der Waals surface area contributed by atoms with Gasteiger partial charge in [-0.15, -0.1) is 0 Å². The van der Waals surface area contributed by atoms with Crippen LogP contribution in [-0.2, 0) is 26.2 Å². The molecule has 0 fully saturated rings. The lowest BCUT2D eigenvalue weighted by atomic mass is 10.1. The van der Waals surface area contributed by atoms with Gasteiger partial charge in [0.1, 0.15) is 24.1 Å². The second kappa shape index (κ2) is 13.0. The van der Waals surface area contributed by atoms with Gasteiger partial charge >= 0.3 is 0 Å². The monoisotopic (exact) mass is 505 g/mol. The first kappa shape index (κ1) is 28.0. The van der Waals surface area contributed by atoms with E-state index in [1.54, 1.807) is 69.5 Å². The summed E-state index contributed by atoms with van der Waals surface area (Å²) >= 11 is 0. The minimum atomic E-state index is -3.84. The third-order valence-corrected chi connectivity index (χ3v) is 6.47. The Hall–Kier alpha value is -3.27. The van der Waals surface area contributed by atoms with Crippen molar-refractivity contribution >= 4 is 27.5 Å². The number of rotatable bonds is 13. The zero-order valence-electron chi connectivity index (χ0n) is 21.0. The van der Waals surface area contributed by atoms with Crippen molar-refractivity contribution in [2.24, 2.45) is 0 Å². The normalized spacial score (nSPS) is 11.9. The molecular weight excluding hydrogens is 470 g/mol. The molecule has 2 rings (SSSR count). The van der Waals surface area contributed by atoms with Crippen LogP contribution in [0.1, 0.15) is 32.8 Å². The summed E-state index contributed by atoms with van der Waals surface area (Å²) in [7, 11) is -2.28. The van der Waals surface area contributed by atoms with Gasteiger partial charge in [0.25, 0.3) is 0 Å². The second-order valence-electron chi connectivity index (χ2n) is 8.01. The highest BCUT2D eigenvalue weighted by Crippen LogP contribution is 2.30. The van der Waals surface area contributed by atoms with E-state index in [0.717, 1.165) is 22.5 Å². The van der Waals surface area contributed by atoms with E-state index in [0.29, 0.717) is 24.7 Å². The standard InChI is InChI=1S/C25H35N3O6S/c1-6-16-26-25(30)19(3)27(17-20-12-14-21(33-4)15-13-20)24(29)18-28(35(5,31)32)22-10-8-9-11-23(22)34-7-2/h8-15,19H,6-7,16-18H2,1-5H3,(H,26,30)/t19-/m1/s1. The van der Waals surface area contributed by atoms with Gasteiger partial charge in [-0.05, 0) is 50.1 Å². The molecule has 1 N–H and O–H groups in total. The maximum absolute atomic E-state index is 13.6. The number of nitrogens with one attached hydrogen (secondary N) is 1. The summed E-state index contributed by atoms with van der Waals surface area (Å²) in [5.41, 5.74) is 1.03. The Morgan fingerprint density at radius 1 is 1.06 bits per heavy atom. The molecule has 2 aromatic carbocycles. The summed E-state index contributed by atoms with van der Waals surface area (Å²) in [6, 6.07) is 13.0. The zero-order chi connectivity index (χ0) is 26.0. The van der Waals surface area contributed by atoms with E-state index in [-0.39, 0.29) is 18.1 Å². The number of carbonyl (C=O) groups excluding carboxylic acids is 2. The van der Waals surface area contributed by atoms with E-state index in [9.17, 15) is 18.0 Å². The Morgan fingerprint density at radius 3 is 2.29 bits per heavy atom. The van der Waals surface area contributed by atoms with Crippen LogP contribution in [0.5, 0.6) is 11.5 Å². The first-order valence-corrected chi connectivity index (χ1v) is 13.4. The second-order valence-corrected chi connectivity index (χ2v) is 9.91. The van der Waals surface area contributed by atoms with E-state index in [1.807, 2.05) is 6.92 Å². The van der Waals surface area contributed by atoms with Crippen LogP contribution in [0.2, 0.25) is 0 Å². The summed E-state index contributed by atoms with van der Waals surface area (Å²) < 4.78 is 37.3. The lowest BCUT2D eigenvalue weighted by molar-refractivity contribution is -0.139. The maximum Gasteiger partial charge on any atom is 0.244 e. The summed E-state index contributed by atoms with van der Waals surface area (Å²) in [6.07, 6.45) is 1.79. The van der Waals surface area contributed by atoms with Crippen molar-refractivity contribution in [2.45, 2.75) is 39.8 Å². The zero-order valence-corrected chi connectivity index (χ0v) is 21.8. The Balaban J connectivity index is 2.41. The van der Waals surface area contributed by atoms with Gasteiger partial charge < -0.3 is 19.7 Å². The summed E-state index contributed by atoms with van der Waals surface area (Å²) in [5.74, 6) is 0.186. The minimum absolute atomic E-state index is 0.119. The van der Waals surface area contributed by atoms with Crippen molar-refractivity contribution in [3.63, 3.8) is 0 Å². The van der Waals surface area contributed by atoms with Crippen molar-refractivity contribution in [3.8, 4) is 11.5 Å². The molecule has 0 heterocycles. The fourth-order valence-corrected chi connectivity index (χ4v) is 4.29. The number of anilines is 1. The third-order valence-electron chi connectivity index (χ3n) is 5.34. The van der Waals surface area contributed by atoms with Crippen LogP contribution < -0.4 is 19.1 Å². The van der Waals surface area contributed by atoms with Gasteiger partial charge in [-0.25, -0.2) is 8.42 Å². The van der Waals surface area contributed by atoms with Crippen molar-refractivity contribution < 1.29 is 27.5 Å². The van der Waals surface area contributed by atoms with Crippen molar-refractivity contribution in [1.82, 2.24) is 10.2 Å². The molecule has 0 unspecified atom stereocenters. The van der Waals surface area contributed by atoms with Crippen LogP contribution >= 0.6 is 0 Å².